The molecule has 0 saturated carbocycles. The van der Waals surface area contributed by atoms with Crippen LogP contribution in [0.25, 0.3) is 16.0 Å². The zero-order chi connectivity index (χ0) is 27.7. The third-order valence-corrected chi connectivity index (χ3v) is 7.58. The smallest absolute Gasteiger partial charge is 0.301 e. The molecule has 7 nitrogen and oxygen atoms in total. The fraction of sp³-hybridized carbons (Fsp3) is 0.233. The van der Waals surface area contributed by atoms with Crippen LogP contribution < -0.4 is 14.4 Å². The van der Waals surface area contributed by atoms with Gasteiger partial charge in [-0.2, -0.15) is 0 Å². The second-order valence-electron chi connectivity index (χ2n) is 9.26. The predicted octanol–water partition coefficient (Wildman–Crippen LogP) is 6.56. The van der Waals surface area contributed by atoms with E-state index in [2.05, 4.69) is 11.9 Å². The van der Waals surface area contributed by atoms with E-state index >= 15 is 0 Å². The number of anilines is 1. The average molecular weight is 547 g/mol. The first-order valence-electron chi connectivity index (χ1n) is 12.6. The van der Waals surface area contributed by atoms with Crippen LogP contribution in [0.5, 0.6) is 11.5 Å². The second-order valence-corrected chi connectivity index (χ2v) is 10.3. The molecule has 1 N–H and O–H groups in total. The number of aliphatic hydroxyl groups excluding tert-OH is 1. The Morgan fingerprint density at radius 2 is 1.85 bits per heavy atom. The molecule has 9 heteroatoms. The molecule has 4 aromatic rings. The van der Waals surface area contributed by atoms with Gasteiger partial charge in [0.2, 0.25) is 0 Å². The molecule has 39 heavy (non-hydrogen) atoms. The largest absolute Gasteiger partial charge is 0.507 e. The number of unbranched alkanes of at least 4 members (excludes halogenated alkanes) is 1. The van der Waals surface area contributed by atoms with Gasteiger partial charge in [0.1, 0.15) is 11.6 Å². The number of benzene rings is 3. The molecule has 2 heterocycles. The van der Waals surface area contributed by atoms with Crippen LogP contribution in [0.2, 0.25) is 0 Å². The summed E-state index contributed by atoms with van der Waals surface area (Å²) >= 11 is 1.28. The van der Waals surface area contributed by atoms with Gasteiger partial charge in [-0.25, -0.2) is 9.37 Å². The van der Waals surface area contributed by atoms with E-state index in [9.17, 15) is 19.1 Å². The van der Waals surface area contributed by atoms with Crippen molar-refractivity contribution in [2.45, 2.75) is 32.7 Å². The molecular weight excluding hydrogens is 519 g/mol. The molecule has 200 valence electrons. The van der Waals surface area contributed by atoms with E-state index in [0.717, 1.165) is 23.1 Å². The van der Waals surface area contributed by atoms with Crippen LogP contribution in [-0.2, 0) is 9.59 Å². The van der Waals surface area contributed by atoms with Gasteiger partial charge in [-0.05, 0) is 73.0 Å². The number of carbonyl (C=O) groups is 2. The maximum atomic E-state index is 13.6. The molecule has 1 amide bonds. The number of carbonyl (C=O) groups excluding carboxylic acids is 2. The summed E-state index contributed by atoms with van der Waals surface area (Å²) in [7, 11) is 1.51. The lowest BCUT2D eigenvalue weighted by molar-refractivity contribution is -0.132. The molecule has 1 aromatic heterocycles. The maximum Gasteiger partial charge on any atom is 0.301 e. The first-order chi connectivity index (χ1) is 18.8. The van der Waals surface area contributed by atoms with E-state index in [4.69, 9.17) is 9.47 Å². The minimum atomic E-state index is -1.00. The second kappa shape index (κ2) is 10.9. The topological polar surface area (TPSA) is 89.0 Å². The van der Waals surface area contributed by atoms with E-state index < -0.39 is 29.3 Å². The minimum absolute atomic E-state index is 0.122. The van der Waals surface area contributed by atoms with Crippen molar-refractivity contribution in [3.8, 4) is 11.5 Å². The standard InChI is InChI=1S/C30H27FN2O5S/c1-4-5-14-38-22-13-9-19(16-23(22)37-3)26-25(27(34)18-7-10-20(31)11-8-18)28(35)29(36)33(26)30-32-21-12-6-17(2)15-24(21)39-30/h6-13,15-16,26,34H,4-5,14H2,1-3H3/b27-25+. The van der Waals surface area contributed by atoms with Crippen molar-refractivity contribution in [2.75, 3.05) is 18.6 Å². The molecule has 5 rings (SSSR count). The number of ether oxygens (including phenoxy) is 2. The SMILES string of the molecule is CCCCOc1ccc(C2/C(=C(\O)c3ccc(F)cc3)C(=O)C(=O)N2c2nc3ccc(C)cc3s2)cc1OC. The fourth-order valence-corrected chi connectivity index (χ4v) is 5.62. The quantitative estimate of drug-likeness (QED) is 0.117. The average Bonchev–Trinajstić information content (AvgIpc) is 3.46. The molecule has 0 spiro atoms. The summed E-state index contributed by atoms with van der Waals surface area (Å²) in [6, 6.07) is 15.0. The normalized spacial score (nSPS) is 16.7. The van der Waals surface area contributed by atoms with Crippen LogP contribution in [0.3, 0.4) is 0 Å². The van der Waals surface area contributed by atoms with Crippen molar-refractivity contribution < 1.29 is 28.6 Å². The molecule has 0 radical (unpaired) electrons. The zero-order valence-corrected chi connectivity index (χ0v) is 22.5. The van der Waals surface area contributed by atoms with Crippen molar-refractivity contribution in [1.29, 1.82) is 0 Å². The number of aromatic nitrogens is 1. The summed E-state index contributed by atoms with van der Waals surface area (Å²) in [5.74, 6) is -1.62. The highest BCUT2D eigenvalue weighted by Gasteiger charge is 2.48. The van der Waals surface area contributed by atoms with Gasteiger partial charge in [0.15, 0.2) is 16.6 Å². The Kier molecular flexibility index (Phi) is 7.34. The number of Topliss-reactive ketones (excluding diaryl/α,β-unsaturated/α-hetero) is 1. The Hall–Kier alpha value is -4.24. The predicted molar refractivity (Wildman–Crippen MR) is 149 cm³/mol. The lowest BCUT2D eigenvalue weighted by atomic mass is 9.95. The lowest BCUT2D eigenvalue weighted by Crippen LogP contribution is -2.29. The number of fused-ring (bicyclic) bond motifs is 1. The molecule has 1 saturated heterocycles. The highest BCUT2D eigenvalue weighted by Crippen LogP contribution is 2.46. The Balaban J connectivity index is 1.68. The monoisotopic (exact) mass is 546 g/mol. The number of nitrogens with zero attached hydrogens (tertiary/aromatic N) is 2. The summed E-state index contributed by atoms with van der Waals surface area (Å²) in [5.41, 5.74) is 2.34. The Labute approximate surface area is 229 Å². The van der Waals surface area contributed by atoms with Crippen molar-refractivity contribution >= 4 is 44.1 Å². The molecule has 1 fully saturated rings. The van der Waals surface area contributed by atoms with Crippen LogP contribution in [0.4, 0.5) is 9.52 Å². The third-order valence-electron chi connectivity index (χ3n) is 6.56. The Morgan fingerprint density at radius 3 is 2.56 bits per heavy atom. The minimum Gasteiger partial charge on any atom is -0.507 e. The number of methoxy groups -OCH3 is 1. The third kappa shape index (κ3) is 4.97. The van der Waals surface area contributed by atoms with Gasteiger partial charge in [-0.1, -0.05) is 36.8 Å². The first-order valence-corrected chi connectivity index (χ1v) is 13.4. The zero-order valence-electron chi connectivity index (χ0n) is 21.7. The molecular formula is C30H27FN2O5S. The van der Waals surface area contributed by atoms with Gasteiger partial charge < -0.3 is 14.6 Å². The van der Waals surface area contributed by atoms with Gasteiger partial charge in [0.25, 0.3) is 5.78 Å². The summed E-state index contributed by atoms with van der Waals surface area (Å²) in [4.78, 5) is 32.9. The van der Waals surface area contributed by atoms with E-state index in [-0.39, 0.29) is 11.1 Å². The van der Waals surface area contributed by atoms with Crippen molar-refractivity contribution in [3.63, 3.8) is 0 Å². The Morgan fingerprint density at radius 1 is 1.08 bits per heavy atom. The highest BCUT2D eigenvalue weighted by molar-refractivity contribution is 7.22. The van der Waals surface area contributed by atoms with Crippen LogP contribution >= 0.6 is 11.3 Å². The lowest BCUT2D eigenvalue weighted by Gasteiger charge is -2.24. The number of hydrogen-bond donors (Lipinski definition) is 1. The van der Waals surface area contributed by atoms with Crippen LogP contribution in [0, 0.1) is 12.7 Å². The van der Waals surface area contributed by atoms with Gasteiger partial charge in [0, 0.05) is 5.56 Å². The number of aryl methyl sites for hydroxylation is 1. The summed E-state index contributed by atoms with van der Waals surface area (Å²) < 4.78 is 25.9. The number of thiazole rings is 1. The highest BCUT2D eigenvalue weighted by atomic mass is 32.1. The molecule has 1 atom stereocenters. The fourth-order valence-electron chi connectivity index (χ4n) is 4.53. The molecule has 1 aliphatic rings. The summed E-state index contributed by atoms with van der Waals surface area (Å²) in [5, 5.41) is 11.6. The number of hydrogen-bond acceptors (Lipinski definition) is 7. The van der Waals surface area contributed by atoms with Crippen LogP contribution in [-0.4, -0.2) is 35.5 Å². The summed E-state index contributed by atoms with van der Waals surface area (Å²) in [6.07, 6.45) is 1.85. The van der Waals surface area contributed by atoms with Crippen LogP contribution in [0.15, 0.2) is 66.2 Å². The van der Waals surface area contributed by atoms with Crippen LogP contribution in [0.1, 0.15) is 42.5 Å². The number of aliphatic hydroxyl groups is 1. The van der Waals surface area contributed by atoms with Crippen molar-refractivity contribution in [2.24, 2.45) is 0 Å². The van der Waals surface area contributed by atoms with E-state index in [1.807, 2.05) is 25.1 Å². The van der Waals surface area contributed by atoms with Gasteiger partial charge in [-0.15, -0.1) is 0 Å². The number of rotatable bonds is 8. The number of ketones is 1. The van der Waals surface area contributed by atoms with E-state index in [1.54, 1.807) is 18.2 Å². The first kappa shape index (κ1) is 26.4. The Bertz CT molecular complexity index is 1590. The van der Waals surface area contributed by atoms with Crippen molar-refractivity contribution in [3.05, 3.63) is 88.7 Å². The number of halogens is 1. The molecule has 1 unspecified atom stereocenters. The molecule has 3 aromatic carbocycles. The van der Waals surface area contributed by atoms with E-state index in [0.29, 0.717) is 34.3 Å². The van der Waals surface area contributed by atoms with Gasteiger partial charge >= 0.3 is 5.91 Å². The maximum absolute atomic E-state index is 13.6. The summed E-state index contributed by atoms with van der Waals surface area (Å²) in [6.45, 7) is 4.54. The van der Waals surface area contributed by atoms with Gasteiger partial charge in [-0.3, -0.25) is 14.5 Å². The molecule has 0 aliphatic carbocycles. The molecule has 1 aliphatic heterocycles. The van der Waals surface area contributed by atoms with E-state index in [1.165, 1.54) is 47.6 Å². The van der Waals surface area contributed by atoms with Crippen molar-refractivity contribution in [1.82, 2.24) is 4.98 Å². The van der Waals surface area contributed by atoms with Gasteiger partial charge in [0.05, 0.1) is 35.5 Å². The number of amides is 1. The molecule has 0 bridgehead atoms.